The zero-order chi connectivity index (χ0) is 14.1. The number of carbonyl (C=O) groups is 1. The third kappa shape index (κ3) is 2.18. The van der Waals surface area contributed by atoms with Crippen molar-refractivity contribution in [3.8, 4) is 0 Å². The number of aromatic amines is 1. The van der Waals surface area contributed by atoms with Gasteiger partial charge in [0.25, 0.3) is 5.91 Å². The molecule has 5 nitrogen and oxygen atoms in total. The van der Waals surface area contributed by atoms with Gasteiger partial charge in [-0.2, -0.15) is 5.10 Å². The molecule has 102 valence electrons. The average molecular weight is 268 g/mol. The molecule has 0 spiro atoms. The van der Waals surface area contributed by atoms with E-state index in [4.69, 9.17) is 0 Å². The maximum absolute atomic E-state index is 12.3. The summed E-state index contributed by atoms with van der Waals surface area (Å²) in [5.74, 6) is 0.570. The van der Waals surface area contributed by atoms with E-state index in [0.717, 1.165) is 10.9 Å². The molecule has 20 heavy (non-hydrogen) atoms. The zero-order valence-electron chi connectivity index (χ0n) is 11.4. The SMILES string of the molecule is CC(C)n1nccc1NC(=O)c1ccc2cc[nH]c2c1. The molecule has 0 saturated carbocycles. The molecule has 0 aliphatic carbocycles. The first-order chi connectivity index (χ1) is 9.65. The molecule has 0 aliphatic heterocycles. The number of carbonyl (C=O) groups excluding carboxylic acids is 1. The Bertz CT molecular complexity index is 754. The second kappa shape index (κ2) is 4.85. The molecule has 0 aliphatic rings. The Kier molecular flexibility index (Phi) is 3.02. The second-order valence-corrected chi connectivity index (χ2v) is 4.99. The first-order valence-electron chi connectivity index (χ1n) is 6.57. The molecular formula is C15H16N4O. The highest BCUT2D eigenvalue weighted by Crippen LogP contribution is 2.17. The summed E-state index contributed by atoms with van der Waals surface area (Å²) in [6, 6.07) is 9.57. The van der Waals surface area contributed by atoms with Crippen molar-refractivity contribution in [2.45, 2.75) is 19.9 Å². The highest BCUT2D eigenvalue weighted by molar-refractivity contribution is 6.05. The van der Waals surface area contributed by atoms with Crippen molar-refractivity contribution >= 4 is 22.6 Å². The molecule has 5 heteroatoms. The number of hydrogen-bond acceptors (Lipinski definition) is 2. The maximum atomic E-state index is 12.3. The van der Waals surface area contributed by atoms with Crippen LogP contribution in [0.25, 0.3) is 10.9 Å². The molecule has 3 rings (SSSR count). The lowest BCUT2D eigenvalue weighted by atomic mass is 10.1. The number of hydrogen-bond donors (Lipinski definition) is 2. The Balaban J connectivity index is 1.86. The third-order valence-corrected chi connectivity index (χ3v) is 3.22. The van der Waals surface area contributed by atoms with Crippen LogP contribution in [0.2, 0.25) is 0 Å². The van der Waals surface area contributed by atoms with Gasteiger partial charge < -0.3 is 10.3 Å². The van der Waals surface area contributed by atoms with Gasteiger partial charge in [-0.1, -0.05) is 6.07 Å². The normalized spacial score (nSPS) is 11.2. The number of rotatable bonds is 3. The van der Waals surface area contributed by atoms with E-state index in [1.165, 1.54) is 0 Å². The molecule has 2 aromatic heterocycles. The molecule has 0 saturated heterocycles. The van der Waals surface area contributed by atoms with E-state index in [1.54, 1.807) is 16.9 Å². The van der Waals surface area contributed by atoms with E-state index < -0.39 is 0 Å². The number of anilines is 1. The quantitative estimate of drug-likeness (QED) is 0.766. The van der Waals surface area contributed by atoms with Crippen molar-refractivity contribution in [3.63, 3.8) is 0 Å². The van der Waals surface area contributed by atoms with E-state index >= 15 is 0 Å². The van der Waals surface area contributed by atoms with Crippen LogP contribution in [0.3, 0.4) is 0 Å². The van der Waals surface area contributed by atoms with Gasteiger partial charge in [-0.25, -0.2) is 4.68 Å². The van der Waals surface area contributed by atoms with Gasteiger partial charge in [0.05, 0.1) is 6.20 Å². The van der Waals surface area contributed by atoms with Crippen LogP contribution in [-0.2, 0) is 0 Å². The summed E-state index contributed by atoms with van der Waals surface area (Å²) in [5.41, 5.74) is 1.58. The van der Waals surface area contributed by atoms with Gasteiger partial charge >= 0.3 is 0 Å². The van der Waals surface area contributed by atoms with Crippen molar-refractivity contribution in [1.29, 1.82) is 0 Å². The molecule has 0 unspecified atom stereocenters. The van der Waals surface area contributed by atoms with E-state index in [9.17, 15) is 4.79 Å². The summed E-state index contributed by atoms with van der Waals surface area (Å²) in [6.07, 6.45) is 3.55. The Morgan fingerprint density at radius 2 is 2.15 bits per heavy atom. The number of amides is 1. The number of fused-ring (bicyclic) bond motifs is 1. The van der Waals surface area contributed by atoms with Crippen molar-refractivity contribution in [1.82, 2.24) is 14.8 Å². The van der Waals surface area contributed by atoms with Crippen molar-refractivity contribution in [2.24, 2.45) is 0 Å². The number of nitrogens with zero attached hydrogens (tertiary/aromatic N) is 2. The number of nitrogens with one attached hydrogen (secondary N) is 2. The van der Waals surface area contributed by atoms with Gasteiger partial charge in [0.1, 0.15) is 5.82 Å². The molecule has 1 aromatic carbocycles. The Labute approximate surface area is 116 Å². The fraction of sp³-hybridized carbons (Fsp3) is 0.200. The van der Waals surface area contributed by atoms with Crippen LogP contribution in [0.4, 0.5) is 5.82 Å². The lowest BCUT2D eigenvalue weighted by Crippen LogP contribution is -2.16. The minimum Gasteiger partial charge on any atom is -0.361 e. The predicted molar refractivity (Wildman–Crippen MR) is 78.9 cm³/mol. The summed E-state index contributed by atoms with van der Waals surface area (Å²) in [4.78, 5) is 15.4. The summed E-state index contributed by atoms with van der Waals surface area (Å²) < 4.78 is 1.78. The van der Waals surface area contributed by atoms with Crippen LogP contribution in [-0.4, -0.2) is 20.7 Å². The van der Waals surface area contributed by atoms with Gasteiger partial charge in [-0.3, -0.25) is 4.79 Å². The van der Waals surface area contributed by atoms with Crippen LogP contribution < -0.4 is 5.32 Å². The van der Waals surface area contributed by atoms with Crippen molar-refractivity contribution in [2.75, 3.05) is 5.32 Å². The van der Waals surface area contributed by atoms with E-state index in [1.807, 2.05) is 44.3 Å². The number of H-pyrrole nitrogens is 1. The number of aromatic nitrogens is 3. The van der Waals surface area contributed by atoms with Gasteiger partial charge in [-0.05, 0) is 37.4 Å². The first kappa shape index (κ1) is 12.5. The van der Waals surface area contributed by atoms with Crippen molar-refractivity contribution < 1.29 is 4.79 Å². The van der Waals surface area contributed by atoms with E-state index in [0.29, 0.717) is 11.4 Å². The van der Waals surface area contributed by atoms with Crippen molar-refractivity contribution in [3.05, 3.63) is 48.3 Å². The highest BCUT2D eigenvalue weighted by atomic mass is 16.1. The lowest BCUT2D eigenvalue weighted by Gasteiger charge is -2.11. The molecule has 0 atom stereocenters. The van der Waals surface area contributed by atoms with Gasteiger partial charge in [0.15, 0.2) is 0 Å². The maximum Gasteiger partial charge on any atom is 0.256 e. The summed E-state index contributed by atoms with van der Waals surface area (Å²) in [6.45, 7) is 4.04. The molecule has 1 amide bonds. The van der Waals surface area contributed by atoms with Crippen LogP contribution in [0.1, 0.15) is 30.2 Å². The van der Waals surface area contributed by atoms with E-state index in [-0.39, 0.29) is 11.9 Å². The minimum atomic E-state index is -0.135. The molecule has 0 fully saturated rings. The molecule has 2 heterocycles. The van der Waals surface area contributed by atoms with Crippen LogP contribution >= 0.6 is 0 Å². The molecule has 0 bridgehead atoms. The number of benzene rings is 1. The highest BCUT2D eigenvalue weighted by Gasteiger charge is 2.11. The second-order valence-electron chi connectivity index (χ2n) is 4.99. The van der Waals surface area contributed by atoms with Gasteiger partial charge in [0, 0.05) is 29.4 Å². The fourth-order valence-corrected chi connectivity index (χ4v) is 2.20. The van der Waals surface area contributed by atoms with Gasteiger partial charge in [0.2, 0.25) is 0 Å². The Hall–Kier alpha value is -2.56. The largest absolute Gasteiger partial charge is 0.361 e. The Morgan fingerprint density at radius 3 is 2.95 bits per heavy atom. The van der Waals surface area contributed by atoms with Crippen LogP contribution in [0.15, 0.2) is 42.7 Å². The molecule has 2 N–H and O–H groups in total. The lowest BCUT2D eigenvalue weighted by molar-refractivity contribution is 0.102. The smallest absolute Gasteiger partial charge is 0.256 e. The first-order valence-corrected chi connectivity index (χ1v) is 6.57. The summed E-state index contributed by atoms with van der Waals surface area (Å²) >= 11 is 0. The monoisotopic (exact) mass is 268 g/mol. The fourth-order valence-electron chi connectivity index (χ4n) is 2.20. The zero-order valence-corrected chi connectivity index (χ0v) is 11.4. The third-order valence-electron chi connectivity index (χ3n) is 3.22. The standard InChI is InChI=1S/C15H16N4O/c1-10(2)19-14(6-8-17-19)18-15(20)12-4-3-11-5-7-16-13(11)9-12/h3-10,16H,1-2H3,(H,18,20). The predicted octanol–water partition coefficient (Wildman–Crippen LogP) is 3.20. The van der Waals surface area contributed by atoms with Gasteiger partial charge in [-0.15, -0.1) is 0 Å². The van der Waals surface area contributed by atoms with Crippen LogP contribution in [0.5, 0.6) is 0 Å². The topological polar surface area (TPSA) is 62.7 Å². The summed E-state index contributed by atoms with van der Waals surface area (Å²) in [7, 11) is 0. The van der Waals surface area contributed by atoms with Crippen LogP contribution in [0, 0.1) is 0 Å². The van der Waals surface area contributed by atoms with E-state index in [2.05, 4.69) is 15.4 Å². The molecule has 0 radical (unpaired) electrons. The molecular weight excluding hydrogens is 252 g/mol. The Morgan fingerprint density at radius 1 is 1.30 bits per heavy atom. The molecule has 3 aromatic rings. The average Bonchev–Trinajstić information content (AvgIpc) is 3.05. The minimum absolute atomic E-state index is 0.135. The summed E-state index contributed by atoms with van der Waals surface area (Å²) in [5, 5.41) is 8.18.